The second kappa shape index (κ2) is 3.02. The average molecular weight is 161 g/mol. The fourth-order valence-electron chi connectivity index (χ4n) is 1.03. The van der Waals surface area contributed by atoms with E-state index in [1.54, 1.807) is 0 Å². The highest BCUT2D eigenvalue weighted by Crippen LogP contribution is 2.24. The molecule has 0 saturated heterocycles. The Morgan fingerprint density at radius 2 is 1.75 bits per heavy atom. The molecule has 0 aliphatic heterocycles. The maximum absolute atomic E-state index is 5.59. The van der Waals surface area contributed by atoms with E-state index in [1.165, 1.54) is 5.56 Å². The van der Waals surface area contributed by atoms with Crippen LogP contribution in [0, 0.1) is 0 Å². The Labute approximate surface area is 73.9 Å². The van der Waals surface area contributed by atoms with E-state index in [2.05, 4.69) is 20.4 Å². The van der Waals surface area contributed by atoms with Crippen LogP contribution in [0.2, 0.25) is 0 Å². The molecular weight excluding hydrogens is 146 g/mol. The highest BCUT2D eigenvalue weighted by molar-refractivity contribution is 5.42. The second-order valence-corrected chi connectivity index (χ2v) is 3.55. The molecule has 0 aliphatic rings. The minimum Gasteiger partial charge on any atom is -0.399 e. The summed E-state index contributed by atoms with van der Waals surface area (Å²) in [4.78, 5) is 0. The van der Waals surface area contributed by atoms with Crippen LogP contribution in [0.5, 0.6) is 0 Å². The van der Waals surface area contributed by atoms with Crippen LogP contribution in [-0.4, -0.2) is 0 Å². The largest absolute Gasteiger partial charge is 0.399 e. The topological polar surface area (TPSA) is 26.0 Å². The summed E-state index contributed by atoms with van der Waals surface area (Å²) in [6, 6.07) is 7.91. The van der Waals surface area contributed by atoms with E-state index in [0.717, 1.165) is 5.69 Å². The van der Waals surface area contributed by atoms with Crippen molar-refractivity contribution in [2.45, 2.75) is 19.3 Å². The van der Waals surface area contributed by atoms with Crippen LogP contribution in [0.3, 0.4) is 0 Å². The molecular formula is C11H15N. The standard InChI is InChI=1S/C11H15N/c1-4-11(2,3)9-5-7-10(12)8-6-9/h4-8H,1,12H2,2-3H3. The van der Waals surface area contributed by atoms with Crippen molar-refractivity contribution >= 4 is 5.69 Å². The van der Waals surface area contributed by atoms with E-state index in [0.29, 0.717) is 0 Å². The number of benzene rings is 1. The van der Waals surface area contributed by atoms with Crippen molar-refractivity contribution < 1.29 is 0 Å². The Morgan fingerprint density at radius 3 is 2.17 bits per heavy atom. The van der Waals surface area contributed by atoms with Crippen LogP contribution in [0.4, 0.5) is 5.69 Å². The quantitative estimate of drug-likeness (QED) is 0.524. The summed E-state index contributed by atoms with van der Waals surface area (Å²) in [7, 11) is 0. The molecule has 0 spiro atoms. The molecule has 0 saturated carbocycles. The van der Waals surface area contributed by atoms with Gasteiger partial charge in [-0.2, -0.15) is 0 Å². The molecule has 0 aromatic heterocycles. The van der Waals surface area contributed by atoms with Crippen molar-refractivity contribution in [1.82, 2.24) is 0 Å². The van der Waals surface area contributed by atoms with Crippen molar-refractivity contribution in [2.75, 3.05) is 5.73 Å². The number of hydrogen-bond donors (Lipinski definition) is 1. The number of nitrogen functional groups attached to an aromatic ring is 1. The van der Waals surface area contributed by atoms with Gasteiger partial charge in [-0.05, 0) is 17.7 Å². The number of anilines is 1. The molecule has 12 heavy (non-hydrogen) atoms. The van der Waals surface area contributed by atoms with Crippen LogP contribution in [0.1, 0.15) is 19.4 Å². The molecule has 0 radical (unpaired) electrons. The first-order valence-electron chi connectivity index (χ1n) is 4.06. The van der Waals surface area contributed by atoms with Gasteiger partial charge in [0.1, 0.15) is 0 Å². The number of rotatable bonds is 2. The Morgan fingerprint density at radius 1 is 1.25 bits per heavy atom. The van der Waals surface area contributed by atoms with E-state index >= 15 is 0 Å². The Bertz CT molecular complexity index is 270. The molecule has 0 unspecified atom stereocenters. The van der Waals surface area contributed by atoms with Crippen molar-refractivity contribution in [1.29, 1.82) is 0 Å². The monoisotopic (exact) mass is 161 g/mol. The van der Waals surface area contributed by atoms with Gasteiger partial charge >= 0.3 is 0 Å². The summed E-state index contributed by atoms with van der Waals surface area (Å²) in [5.74, 6) is 0. The highest BCUT2D eigenvalue weighted by atomic mass is 14.5. The summed E-state index contributed by atoms with van der Waals surface area (Å²) >= 11 is 0. The minimum absolute atomic E-state index is 0.0354. The van der Waals surface area contributed by atoms with Gasteiger partial charge in [-0.15, -0.1) is 6.58 Å². The number of allylic oxidation sites excluding steroid dienone is 1. The van der Waals surface area contributed by atoms with Crippen molar-refractivity contribution in [3.8, 4) is 0 Å². The first kappa shape index (κ1) is 8.85. The van der Waals surface area contributed by atoms with Gasteiger partial charge in [0.25, 0.3) is 0 Å². The van der Waals surface area contributed by atoms with Crippen LogP contribution in [0.25, 0.3) is 0 Å². The lowest BCUT2D eigenvalue weighted by Gasteiger charge is -2.20. The first-order valence-corrected chi connectivity index (χ1v) is 4.06. The third-order valence-electron chi connectivity index (χ3n) is 2.17. The lowest BCUT2D eigenvalue weighted by molar-refractivity contribution is 0.672. The maximum atomic E-state index is 5.59. The molecule has 1 nitrogen and oxygen atoms in total. The maximum Gasteiger partial charge on any atom is 0.0314 e. The van der Waals surface area contributed by atoms with Gasteiger partial charge in [0, 0.05) is 11.1 Å². The van der Waals surface area contributed by atoms with Crippen LogP contribution in [-0.2, 0) is 5.41 Å². The fourth-order valence-corrected chi connectivity index (χ4v) is 1.03. The predicted octanol–water partition coefficient (Wildman–Crippen LogP) is 2.73. The van der Waals surface area contributed by atoms with E-state index in [1.807, 2.05) is 30.3 Å². The number of nitrogens with two attached hydrogens (primary N) is 1. The van der Waals surface area contributed by atoms with Crippen molar-refractivity contribution in [3.05, 3.63) is 42.5 Å². The van der Waals surface area contributed by atoms with Gasteiger partial charge < -0.3 is 5.73 Å². The SMILES string of the molecule is C=CC(C)(C)c1ccc(N)cc1. The lowest BCUT2D eigenvalue weighted by atomic mass is 9.85. The number of hydrogen-bond acceptors (Lipinski definition) is 1. The van der Waals surface area contributed by atoms with Gasteiger partial charge in [-0.3, -0.25) is 0 Å². The van der Waals surface area contributed by atoms with Crippen molar-refractivity contribution in [3.63, 3.8) is 0 Å². The van der Waals surface area contributed by atoms with Crippen LogP contribution < -0.4 is 5.73 Å². The first-order chi connectivity index (χ1) is 5.56. The van der Waals surface area contributed by atoms with E-state index in [-0.39, 0.29) is 5.41 Å². The van der Waals surface area contributed by atoms with E-state index in [9.17, 15) is 0 Å². The van der Waals surface area contributed by atoms with Crippen LogP contribution in [0.15, 0.2) is 36.9 Å². The van der Waals surface area contributed by atoms with E-state index < -0.39 is 0 Å². The van der Waals surface area contributed by atoms with Gasteiger partial charge in [0.15, 0.2) is 0 Å². The molecule has 1 aromatic rings. The molecule has 64 valence electrons. The molecule has 1 rings (SSSR count). The second-order valence-electron chi connectivity index (χ2n) is 3.55. The molecule has 1 heteroatoms. The molecule has 1 aromatic carbocycles. The third-order valence-corrected chi connectivity index (χ3v) is 2.17. The molecule has 0 heterocycles. The minimum atomic E-state index is 0.0354. The zero-order valence-electron chi connectivity index (χ0n) is 7.67. The van der Waals surface area contributed by atoms with Crippen molar-refractivity contribution in [2.24, 2.45) is 0 Å². The lowest BCUT2D eigenvalue weighted by Crippen LogP contribution is -2.12. The molecule has 0 bridgehead atoms. The highest BCUT2D eigenvalue weighted by Gasteiger charge is 2.14. The smallest absolute Gasteiger partial charge is 0.0314 e. The van der Waals surface area contributed by atoms with Gasteiger partial charge in [-0.1, -0.05) is 32.1 Å². The van der Waals surface area contributed by atoms with Gasteiger partial charge in [0.2, 0.25) is 0 Å². The summed E-state index contributed by atoms with van der Waals surface area (Å²) in [5.41, 5.74) is 7.67. The normalized spacial score (nSPS) is 11.2. The Hall–Kier alpha value is -1.24. The Kier molecular flexibility index (Phi) is 2.22. The molecule has 0 aliphatic carbocycles. The fraction of sp³-hybridized carbons (Fsp3) is 0.273. The van der Waals surface area contributed by atoms with Gasteiger partial charge in [-0.25, -0.2) is 0 Å². The Balaban J connectivity index is 3.04. The predicted molar refractivity (Wildman–Crippen MR) is 54.1 cm³/mol. The zero-order valence-corrected chi connectivity index (χ0v) is 7.67. The molecule has 0 atom stereocenters. The summed E-state index contributed by atoms with van der Waals surface area (Å²) in [5, 5.41) is 0. The summed E-state index contributed by atoms with van der Waals surface area (Å²) < 4.78 is 0. The summed E-state index contributed by atoms with van der Waals surface area (Å²) in [6.07, 6.45) is 1.94. The third kappa shape index (κ3) is 1.67. The molecule has 0 amide bonds. The average Bonchev–Trinajstić information content (AvgIpc) is 2.05. The van der Waals surface area contributed by atoms with Crippen LogP contribution >= 0.6 is 0 Å². The summed E-state index contributed by atoms with van der Waals surface area (Å²) in [6.45, 7) is 8.06. The molecule has 0 fully saturated rings. The zero-order chi connectivity index (χ0) is 9.19. The van der Waals surface area contributed by atoms with Gasteiger partial charge in [0.05, 0.1) is 0 Å². The molecule has 2 N–H and O–H groups in total. The van der Waals surface area contributed by atoms with E-state index in [4.69, 9.17) is 5.73 Å².